The van der Waals surface area contributed by atoms with Crippen LogP contribution >= 0.6 is 0 Å². The molecule has 112 valence electrons. The molecule has 0 fully saturated rings. The fraction of sp³-hybridized carbons (Fsp3) is 0.529. The van der Waals surface area contributed by atoms with Gasteiger partial charge in [0.1, 0.15) is 6.10 Å². The summed E-state index contributed by atoms with van der Waals surface area (Å²) < 4.78 is 11.7. The number of benzene rings is 1. The summed E-state index contributed by atoms with van der Waals surface area (Å²) in [5.41, 5.74) is 3.92. The number of aliphatic hydroxyl groups excluding tert-OH is 1. The largest absolute Gasteiger partial charge is 0.493 e. The van der Waals surface area contributed by atoms with Crippen molar-refractivity contribution in [3.8, 4) is 11.5 Å². The van der Waals surface area contributed by atoms with Gasteiger partial charge in [-0.1, -0.05) is 17.7 Å². The van der Waals surface area contributed by atoms with Crippen LogP contribution in [0.3, 0.4) is 0 Å². The molecule has 4 rings (SSSR count). The summed E-state index contributed by atoms with van der Waals surface area (Å²) in [7, 11) is 3.83. The van der Waals surface area contributed by atoms with Crippen LogP contribution in [0.2, 0.25) is 0 Å². The van der Waals surface area contributed by atoms with Gasteiger partial charge in [-0.2, -0.15) is 0 Å². The highest BCUT2D eigenvalue weighted by molar-refractivity contribution is 5.59. The molecule has 0 amide bonds. The fourth-order valence-corrected chi connectivity index (χ4v) is 3.98. The summed E-state index contributed by atoms with van der Waals surface area (Å²) in [6, 6.07) is 4.16. The molecule has 0 spiro atoms. The van der Waals surface area contributed by atoms with E-state index in [1.54, 1.807) is 7.11 Å². The smallest absolute Gasteiger partial charge is 0.165 e. The Kier molecular flexibility index (Phi) is 2.98. The molecule has 0 unspecified atom stereocenters. The van der Waals surface area contributed by atoms with Crippen LogP contribution in [0.4, 0.5) is 0 Å². The number of nitrogens with zero attached hydrogens (tertiary/aromatic N) is 1. The van der Waals surface area contributed by atoms with Crippen molar-refractivity contribution < 1.29 is 14.6 Å². The summed E-state index contributed by atoms with van der Waals surface area (Å²) >= 11 is 0. The highest BCUT2D eigenvalue weighted by Crippen LogP contribution is 2.53. The number of aliphatic hydroxyl groups is 1. The molecular formula is C17H21NO3. The van der Waals surface area contributed by atoms with Crippen LogP contribution in [0.15, 0.2) is 23.8 Å². The molecule has 0 radical (unpaired) electrons. The molecule has 4 heteroatoms. The lowest BCUT2D eigenvalue weighted by Crippen LogP contribution is -2.33. The lowest BCUT2D eigenvalue weighted by molar-refractivity contribution is 0.111. The third-order valence-corrected chi connectivity index (χ3v) is 4.92. The van der Waals surface area contributed by atoms with Crippen molar-refractivity contribution in [2.24, 2.45) is 0 Å². The second-order valence-electron chi connectivity index (χ2n) is 6.34. The van der Waals surface area contributed by atoms with Crippen LogP contribution in [-0.4, -0.2) is 42.9 Å². The molecule has 0 aromatic heterocycles. The summed E-state index contributed by atoms with van der Waals surface area (Å²) in [5, 5.41) is 10.1. The van der Waals surface area contributed by atoms with E-state index in [1.165, 1.54) is 16.7 Å². The molecule has 3 aliphatic rings. The van der Waals surface area contributed by atoms with Crippen LogP contribution in [0.1, 0.15) is 29.9 Å². The molecule has 1 aromatic rings. The van der Waals surface area contributed by atoms with E-state index in [-0.39, 0.29) is 6.10 Å². The Morgan fingerprint density at radius 3 is 3.05 bits per heavy atom. The first-order valence-electron chi connectivity index (χ1n) is 7.61. The molecule has 1 aliphatic carbocycles. The quantitative estimate of drug-likeness (QED) is 0.803. The highest BCUT2D eigenvalue weighted by Gasteiger charge is 2.44. The summed E-state index contributed by atoms with van der Waals surface area (Å²) in [6.45, 7) is 1.96. The van der Waals surface area contributed by atoms with Gasteiger partial charge < -0.3 is 19.5 Å². The van der Waals surface area contributed by atoms with E-state index in [9.17, 15) is 5.11 Å². The van der Waals surface area contributed by atoms with Crippen molar-refractivity contribution >= 4 is 0 Å². The molecule has 3 atom stereocenters. The molecule has 0 saturated heterocycles. The lowest BCUT2D eigenvalue weighted by Gasteiger charge is -2.32. The first-order chi connectivity index (χ1) is 10.2. The zero-order chi connectivity index (χ0) is 14.6. The van der Waals surface area contributed by atoms with Crippen LogP contribution < -0.4 is 9.47 Å². The van der Waals surface area contributed by atoms with Crippen LogP contribution in [0.5, 0.6) is 11.5 Å². The number of methoxy groups -OCH3 is 1. The van der Waals surface area contributed by atoms with Gasteiger partial charge in [0.05, 0.1) is 13.2 Å². The van der Waals surface area contributed by atoms with Gasteiger partial charge in [0.15, 0.2) is 11.5 Å². The number of rotatable bonds is 1. The van der Waals surface area contributed by atoms with E-state index >= 15 is 0 Å². The van der Waals surface area contributed by atoms with Crippen molar-refractivity contribution in [2.45, 2.75) is 37.5 Å². The zero-order valence-electron chi connectivity index (χ0n) is 12.5. The van der Waals surface area contributed by atoms with Crippen molar-refractivity contribution in [1.29, 1.82) is 0 Å². The molecule has 0 bridgehead atoms. The maximum atomic E-state index is 10.1. The van der Waals surface area contributed by atoms with Crippen LogP contribution in [-0.2, 0) is 6.54 Å². The highest BCUT2D eigenvalue weighted by atomic mass is 16.5. The normalized spacial score (nSPS) is 30.8. The minimum atomic E-state index is -0.394. The molecule has 1 N–H and O–H groups in total. The summed E-state index contributed by atoms with van der Waals surface area (Å²) in [6.07, 6.45) is 3.36. The minimum Gasteiger partial charge on any atom is -0.493 e. The van der Waals surface area contributed by atoms with Gasteiger partial charge in [-0.05, 0) is 25.1 Å². The van der Waals surface area contributed by atoms with Crippen LogP contribution in [0.25, 0.3) is 0 Å². The molecule has 2 aliphatic heterocycles. The van der Waals surface area contributed by atoms with E-state index in [1.807, 2.05) is 12.1 Å². The first-order valence-corrected chi connectivity index (χ1v) is 7.61. The van der Waals surface area contributed by atoms with Gasteiger partial charge in [0, 0.05) is 31.0 Å². The maximum Gasteiger partial charge on any atom is 0.165 e. The topological polar surface area (TPSA) is 41.9 Å². The summed E-state index contributed by atoms with van der Waals surface area (Å²) in [4.78, 5) is 2.33. The monoisotopic (exact) mass is 287 g/mol. The fourth-order valence-electron chi connectivity index (χ4n) is 3.98. The molecule has 21 heavy (non-hydrogen) atoms. The average molecular weight is 287 g/mol. The van der Waals surface area contributed by atoms with Gasteiger partial charge in [-0.3, -0.25) is 0 Å². The Morgan fingerprint density at radius 1 is 1.38 bits per heavy atom. The first kappa shape index (κ1) is 13.2. The van der Waals surface area contributed by atoms with E-state index in [0.717, 1.165) is 31.0 Å². The SMILES string of the molecule is COc1ccc2c3c1O[C@@H]1C[C@@H](O)C=C(CCN(C)C2)[C@H]31. The van der Waals surface area contributed by atoms with Crippen molar-refractivity contribution in [2.75, 3.05) is 20.7 Å². The molecule has 4 nitrogen and oxygen atoms in total. The third-order valence-electron chi connectivity index (χ3n) is 4.92. The Labute approximate surface area is 125 Å². The predicted octanol–water partition coefficient (Wildman–Crippen LogP) is 2.07. The molecule has 1 aromatic carbocycles. The lowest BCUT2D eigenvalue weighted by atomic mass is 9.77. The van der Waals surface area contributed by atoms with Gasteiger partial charge in [0.2, 0.25) is 0 Å². The zero-order valence-corrected chi connectivity index (χ0v) is 12.5. The maximum absolute atomic E-state index is 10.1. The standard InChI is InChI=1S/C17H21NO3/c1-18-6-5-10-7-12(19)8-14-15(10)16-11(9-18)3-4-13(20-2)17(16)21-14/h3-4,7,12,14-15,19H,5-6,8-9H2,1-2H3/t12-,14+,15-/m0/s1. The minimum absolute atomic E-state index is 0.0495. The molecule has 0 saturated carbocycles. The van der Waals surface area contributed by atoms with Crippen molar-refractivity contribution in [3.63, 3.8) is 0 Å². The van der Waals surface area contributed by atoms with E-state index in [4.69, 9.17) is 9.47 Å². The summed E-state index contributed by atoms with van der Waals surface area (Å²) in [5.74, 6) is 1.99. The van der Waals surface area contributed by atoms with Crippen molar-refractivity contribution in [3.05, 3.63) is 34.9 Å². The number of hydrogen-bond donors (Lipinski definition) is 1. The van der Waals surface area contributed by atoms with Crippen molar-refractivity contribution in [1.82, 2.24) is 4.90 Å². The predicted molar refractivity (Wildman–Crippen MR) is 79.8 cm³/mol. The van der Waals surface area contributed by atoms with Gasteiger partial charge >= 0.3 is 0 Å². The van der Waals surface area contributed by atoms with E-state index < -0.39 is 6.10 Å². The Morgan fingerprint density at radius 2 is 2.24 bits per heavy atom. The third kappa shape index (κ3) is 1.97. The van der Waals surface area contributed by atoms with Crippen LogP contribution in [0, 0.1) is 0 Å². The van der Waals surface area contributed by atoms with E-state index in [2.05, 4.69) is 18.0 Å². The second-order valence-corrected chi connectivity index (χ2v) is 6.34. The Bertz CT molecular complexity index is 610. The second kappa shape index (κ2) is 4.75. The van der Waals surface area contributed by atoms with Gasteiger partial charge in [0.25, 0.3) is 0 Å². The molecular weight excluding hydrogens is 266 g/mol. The number of hydrogen-bond acceptors (Lipinski definition) is 4. The Balaban J connectivity index is 1.91. The number of ether oxygens (including phenoxy) is 2. The van der Waals surface area contributed by atoms with Gasteiger partial charge in [-0.15, -0.1) is 0 Å². The van der Waals surface area contributed by atoms with E-state index in [0.29, 0.717) is 12.3 Å². The Hall–Kier alpha value is -1.52. The average Bonchev–Trinajstić information content (AvgIpc) is 2.82. The van der Waals surface area contributed by atoms with Gasteiger partial charge in [-0.25, -0.2) is 0 Å². The molecule has 2 heterocycles.